The Hall–Kier alpha value is -0.0400. The van der Waals surface area contributed by atoms with Crippen molar-refractivity contribution >= 4 is 0 Å². The number of hydrogen-bond donors (Lipinski definition) is 0. The van der Waals surface area contributed by atoms with Gasteiger partial charge in [0.15, 0.2) is 0 Å². The highest BCUT2D eigenvalue weighted by Gasteiger charge is 2.37. The smallest absolute Gasteiger partial charge is 0.0891 e. The second-order valence-corrected chi connectivity index (χ2v) is 10.9. The summed E-state index contributed by atoms with van der Waals surface area (Å²) in [6.45, 7) is 17.2. The Kier molecular flexibility index (Phi) is 22.7. The predicted molar refractivity (Wildman–Crippen MR) is 149 cm³/mol. The van der Waals surface area contributed by atoms with Crippen molar-refractivity contribution in [3.63, 3.8) is 0 Å². The van der Waals surface area contributed by atoms with Crippen LogP contribution in [0, 0.1) is 0 Å². The highest BCUT2D eigenvalue weighted by Crippen LogP contribution is 2.29. The lowest BCUT2D eigenvalue weighted by Crippen LogP contribution is -2.60. The molecule has 0 aliphatic heterocycles. The van der Waals surface area contributed by atoms with E-state index in [-0.39, 0.29) is 0 Å². The van der Waals surface area contributed by atoms with Crippen LogP contribution in [0.15, 0.2) is 0 Å². The highest BCUT2D eigenvalue weighted by atomic mass is 15.4. The van der Waals surface area contributed by atoms with Crippen molar-refractivity contribution < 1.29 is 4.48 Å². The summed E-state index contributed by atoms with van der Waals surface area (Å²) in [6.07, 6.45) is 30.4. The van der Waals surface area contributed by atoms with Crippen LogP contribution in [0.2, 0.25) is 0 Å². The van der Waals surface area contributed by atoms with Gasteiger partial charge in [-0.2, -0.15) is 0 Å². The van der Waals surface area contributed by atoms with E-state index in [4.69, 9.17) is 0 Å². The summed E-state index contributed by atoms with van der Waals surface area (Å²) < 4.78 is 1.38. The van der Waals surface area contributed by atoms with Gasteiger partial charge in [-0.1, -0.05) is 130 Å². The second-order valence-electron chi connectivity index (χ2n) is 10.9. The number of nitrogens with zero attached hydrogens (tertiary/aromatic N) is 1. The highest BCUT2D eigenvalue weighted by molar-refractivity contribution is 4.65. The minimum absolute atomic E-state index is 0.833. The Morgan fingerprint density at radius 3 is 1.06 bits per heavy atom. The molecule has 1 nitrogen and oxygen atoms in total. The summed E-state index contributed by atoms with van der Waals surface area (Å²) in [5, 5.41) is 0. The lowest BCUT2D eigenvalue weighted by Gasteiger charge is -2.48. The van der Waals surface area contributed by atoms with E-state index in [0.29, 0.717) is 0 Å². The van der Waals surface area contributed by atoms with Gasteiger partial charge in [-0.15, -0.1) is 0 Å². The molecule has 0 N–H and O–H groups in total. The van der Waals surface area contributed by atoms with Gasteiger partial charge >= 0.3 is 0 Å². The van der Waals surface area contributed by atoms with Gasteiger partial charge in [-0.3, -0.25) is 0 Å². The summed E-state index contributed by atoms with van der Waals surface area (Å²) >= 11 is 0. The Labute approximate surface area is 206 Å². The summed E-state index contributed by atoms with van der Waals surface area (Å²) in [6, 6.07) is 1.72. The van der Waals surface area contributed by atoms with E-state index < -0.39 is 0 Å². The standard InChI is InChI=1S/C31H66N/c1-7-12-13-14-15-16-17-18-19-20-21-22-23-24-25-26-29-30(6)32(10-4,11-5)31(27-8-2)28-9-3/h30-31H,7-29H2,1-6H3/q+1. The molecule has 0 spiro atoms. The van der Waals surface area contributed by atoms with Crippen molar-refractivity contribution in [2.45, 2.75) is 188 Å². The van der Waals surface area contributed by atoms with Gasteiger partial charge in [-0.05, 0) is 46.5 Å². The molecule has 0 heterocycles. The van der Waals surface area contributed by atoms with E-state index in [1.54, 1.807) is 0 Å². The third kappa shape index (κ3) is 14.3. The summed E-state index contributed by atoms with van der Waals surface area (Å²) in [5.74, 6) is 0. The van der Waals surface area contributed by atoms with Crippen molar-refractivity contribution in [1.82, 2.24) is 0 Å². The maximum atomic E-state index is 2.57. The second kappa shape index (κ2) is 22.7. The SMILES string of the molecule is CCCCCCCCCCCCCCCCCCC(C)[N+](CC)(CC)C(CCC)CCC. The van der Waals surface area contributed by atoms with Gasteiger partial charge in [0.05, 0.1) is 25.2 Å². The molecule has 194 valence electrons. The fourth-order valence-corrected chi connectivity index (χ4v) is 6.29. The normalized spacial score (nSPS) is 13.2. The van der Waals surface area contributed by atoms with Crippen molar-refractivity contribution in [2.75, 3.05) is 13.1 Å². The van der Waals surface area contributed by atoms with E-state index in [0.717, 1.165) is 12.1 Å². The molecule has 0 amide bonds. The lowest BCUT2D eigenvalue weighted by atomic mass is 9.95. The molecular weight excluding hydrogens is 386 g/mol. The Morgan fingerprint density at radius 1 is 0.406 bits per heavy atom. The van der Waals surface area contributed by atoms with Crippen molar-refractivity contribution in [2.24, 2.45) is 0 Å². The average Bonchev–Trinajstić information content (AvgIpc) is 2.80. The Balaban J connectivity index is 3.79. The molecular formula is C31H66N+. The molecule has 0 fully saturated rings. The van der Waals surface area contributed by atoms with E-state index in [1.807, 2.05) is 0 Å². The fraction of sp³-hybridized carbons (Fsp3) is 1.00. The van der Waals surface area contributed by atoms with Crippen molar-refractivity contribution in [1.29, 1.82) is 0 Å². The van der Waals surface area contributed by atoms with Crippen LogP contribution in [0.5, 0.6) is 0 Å². The first-order valence-electron chi connectivity index (χ1n) is 15.5. The number of rotatable bonds is 25. The molecule has 32 heavy (non-hydrogen) atoms. The first kappa shape index (κ1) is 32.0. The van der Waals surface area contributed by atoms with Gasteiger partial charge in [0, 0.05) is 0 Å². The number of quaternary nitrogens is 1. The van der Waals surface area contributed by atoms with E-state index >= 15 is 0 Å². The van der Waals surface area contributed by atoms with Crippen LogP contribution in [0.1, 0.15) is 176 Å². The van der Waals surface area contributed by atoms with Crippen LogP contribution in [-0.4, -0.2) is 29.7 Å². The van der Waals surface area contributed by atoms with Crippen LogP contribution in [0.4, 0.5) is 0 Å². The van der Waals surface area contributed by atoms with Gasteiger partial charge in [0.2, 0.25) is 0 Å². The zero-order chi connectivity index (χ0) is 23.9. The molecule has 0 aliphatic carbocycles. The summed E-state index contributed by atoms with van der Waals surface area (Å²) in [7, 11) is 0. The molecule has 0 aromatic carbocycles. The first-order valence-corrected chi connectivity index (χ1v) is 15.5. The molecule has 0 saturated carbocycles. The largest absolute Gasteiger partial charge is 0.319 e. The van der Waals surface area contributed by atoms with Crippen molar-refractivity contribution in [3.8, 4) is 0 Å². The maximum Gasteiger partial charge on any atom is 0.0891 e. The zero-order valence-electron chi connectivity index (χ0n) is 23.9. The van der Waals surface area contributed by atoms with Crippen LogP contribution >= 0.6 is 0 Å². The monoisotopic (exact) mass is 453 g/mol. The van der Waals surface area contributed by atoms with Crippen molar-refractivity contribution in [3.05, 3.63) is 0 Å². The molecule has 0 aromatic heterocycles. The molecule has 0 bridgehead atoms. The molecule has 1 heteroatoms. The van der Waals surface area contributed by atoms with Crippen LogP contribution in [-0.2, 0) is 0 Å². The van der Waals surface area contributed by atoms with Crippen LogP contribution < -0.4 is 0 Å². The van der Waals surface area contributed by atoms with Gasteiger partial charge < -0.3 is 4.48 Å². The Bertz CT molecular complexity index is 353. The lowest BCUT2D eigenvalue weighted by molar-refractivity contribution is -0.970. The van der Waals surface area contributed by atoms with E-state index in [9.17, 15) is 0 Å². The molecule has 0 aromatic rings. The predicted octanol–water partition coefficient (Wildman–Crippen LogP) is 10.9. The third-order valence-corrected chi connectivity index (χ3v) is 8.50. The van der Waals surface area contributed by atoms with E-state index in [1.165, 1.54) is 152 Å². The van der Waals surface area contributed by atoms with E-state index in [2.05, 4.69) is 41.5 Å². The molecule has 0 aliphatic rings. The van der Waals surface area contributed by atoms with Crippen LogP contribution in [0.25, 0.3) is 0 Å². The van der Waals surface area contributed by atoms with Gasteiger partial charge in [0.1, 0.15) is 0 Å². The first-order chi connectivity index (χ1) is 15.6. The van der Waals surface area contributed by atoms with Gasteiger partial charge in [-0.25, -0.2) is 0 Å². The number of hydrogen-bond acceptors (Lipinski definition) is 0. The molecule has 1 atom stereocenters. The quantitative estimate of drug-likeness (QED) is 0.0954. The summed E-state index contributed by atoms with van der Waals surface area (Å²) in [5.41, 5.74) is 0. The molecule has 0 radical (unpaired) electrons. The maximum absolute atomic E-state index is 2.57. The fourth-order valence-electron chi connectivity index (χ4n) is 6.29. The Morgan fingerprint density at radius 2 is 0.750 bits per heavy atom. The topological polar surface area (TPSA) is 0 Å². The molecule has 0 rings (SSSR count). The minimum Gasteiger partial charge on any atom is -0.319 e. The minimum atomic E-state index is 0.833. The summed E-state index contributed by atoms with van der Waals surface area (Å²) in [4.78, 5) is 0. The third-order valence-electron chi connectivity index (χ3n) is 8.50. The zero-order valence-corrected chi connectivity index (χ0v) is 23.9. The average molecular weight is 453 g/mol. The molecule has 0 saturated heterocycles. The van der Waals surface area contributed by atoms with Gasteiger partial charge in [0.25, 0.3) is 0 Å². The van der Waals surface area contributed by atoms with Crippen LogP contribution in [0.3, 0.4) is 0 Å². The number of unbranched alkanes of at least 4 members (excludes halogenated alkanes) is 15. The molecule has 1 unspecified atom stereocenters.